The van der Waals surface area contributed by atoms with Gasteiger partial charge in [-0.05, 0) is 55.1 Å². The second-order valence-electron chi connectivity index (χ2n) is 7.99. The summed E-state index contributed by atoms with van der Waals surface area (Å²) < 4.78 is 8.48. The highest BCUT2D eigenvalue weighted by Gasteiger charge is 2.22. The van der Waals surface area contributed by atoms with E-state index in [1.165, 1.54) is 19.3 Å². The van der Waals surface area contributed by atoms with Gasteiger partial charge in [0.05, 0.1) is 0 Å². The molecule has 1 aliphatic heterocycles. The Bertz CT molecular complexity index is 1220. The SMILES string of the molecule is O=C(Nc1cccc(SN2CCCCC2)c1)c1nc(-c2ccccc2)oc1-c1ccccc1. The molecule has 3 aromatic carbocycles. The van der Waals surface area contributed by atoms with Crippen LogP contribution in [0.25, 0.3) is 22.8 Å². The molecule has 0 unspecified atom stereocenters. The van der Waals surface area contributed by atoms with Crippen LogP contribution in [0.15, 0.2) is 94.2 Å². The van der Waals surface area contributed by atoms with Crippen LogP contribution < -0.4 is 5.32 Å². The molecule has 33 heavy (non-hydrogen) atoms. The number of nitrogens with zero attached hydrogens (tertiary/aromatic N) is 2. The molecule has 5 nitrogen and oxygen atoms in total. The maximum absolute atomic E-state index is 13.3. The third kappa shape index (κ3) is 5.18. The summed E-state index contributed by atoms with van der Waals surface area (Å²) in [6.45, 7) is 2.20. The van der Waals surface area contributed by atoms with E-state index in [-0.39, 0.29) is 11.6 Å². The monoisotopic (exact) mass is 455 g/mol. The standard InChI is InChI=1S/C27H25N3O2S/c31-26(28-22-15-10-16-23(19-22)33-30-17-8-3-9-18-30)24-25(20-11-4-1-5-12-20)32-27(29-24)21-13-6-2-7-14-21/h1-2,4-7,10-16,19H,3,8-9,17-18H2,(H,28,31). The molecule has 166 valence electrons. The zero-order valence-electron chi connectivity index (χ0n) is 18.2. The number of hydrogen-bond donors (Lipinski definition) is 1. The minimum absolute atomic E-state index is 0.272. The fourth-order valence-corrected chi connectivity index (χ4v) is 4.95. The highest BCUT2D eigenvalue weighted by atomic mass is 32.2. The Morgan fingerprint density at radius 1 is 0.848 bits per heavy atom. The zero-order chi connectivity index (χ0) is 22.5. The third-order valence-corrected chi connectivity index (χ3v) is 6.63. The molecular weight excluding hydrogens is 430 g/mol. The molecule has 1 N–H and O–H groups in total. The minimum Gasteiger partial charge on any atom is -0.435 e. The number of piperidine rings is 1. The first-order valence-electron chi connectivity index (χ1n) is 11.2. The van der Waals surface area contributed by atoms with Crippen LogP contribution in [0.3, 0.4) is 0 Å². The van der Waals surface area contributed by atoms with Gasteiger partial charge in [0, 0.05) is 34.8 Å². The first kappa shape index (κ1) is 21.5. The van der Waals surface area contributed by atoms with E-state index < -0.39 is 0 Å². The van der Waals surface area contributed by atoms with Gasteiger partial charge in [-0.25, -0.2) is 9.29 Å². The predicted molar refractivity (Wildman–Crippen MR) is 133 cm³/mol. The van der Waals surface area contributed by atoms with E-state index in [4.69, 9.17) is 4.42 Å². The maximum Gasteiger partial charge on any atom is 0.278 e. The number of rotatable bonds is 6. The zero-order valence-corrected chi connectivity index (χ0v) is 19.1. The molecule has 0 spiro atoms. The number of oxazole rings is 1. The smallest absolute Gasteiger partial charge is 0.278 e. The average Bonchev–Trinajstić information content (AvgIpc) is 3.32. The van der Waals surface area contributed by atoms with Gasteiger partial charge in [-0.3, -0.25) is 4.79 Å². The summed E-state index contributed by atoms with van der Waals surface area (Å²) in [5, 5.41) is 3.02. The highest BCUT2D eigenvalue weighted by molar-refractivity contribution is 7.97. The number of aromatic nitrogens is 1. The summed E-state index contributed by atoms with van der Waals surface area (Å²) in [6, 6.07) is 27.2. The van der Waals surface area contributed by atoms with Crippen LogP contribution in [0.5, 0.6) is 0 Å². The summed E-state index contributed by atoms with van der Waals surface area (Å²) >= 11 is 1.75. The van der Waals surface area contributed by atoms with Crippen molar-refractivity contribution < 1.29 is 9.21 Å². The number of anilines is 1. The molecule has 0 atom stereocenters. The average molecular weight is 456 g/mol. The molecule has 1 saturated heterocycles. The van der Waals surface area contributed by atoms with Crippen LogP contribution in [0, 0.1) is 0 Å². The first-order valence-corrected chi connectivity index (χ1v) is 12.0. The van der Waals surface area contributed by atoms with E-state index in [0.29, 0.717) is 11.7 Å². The number of benzene rings is 3. The Kier molecular flexibility index (Phi) is 6.56. The van der Waals surface area contributed by atoms with Crippen molar-refractivity contribution in [3.63, 3.8) is 0 Å². The van der Waals surface area contributed by atoms with Crippen molar-refractivity contribution in [1.29, 1.82) is 0 Å². The molecular formula is C27H25N3O2S. The molecule has 0 aliphatic carbocycles. The molecule has 2 heterocycles. The van der Waals surface area contributed by atoms with Crippen LogP contribution in [0.1, 0.15) is 29.8 Å². The number of carbonyl (C=O) groups excluding carboxylic acids is 1. The van der Waals surface area contributed by atoms with Crippen LogP contribution in [0.4, 0.5) is 5.69 Å². The summed E-state index contributed by atoms with van der Waals surface area (Å²) in [5.74, 6) is 0.597. The fraction of sp³-hybridized carbons (Fsp3) is 0.185. The van der Waals surface area contributed by atoms with E-state index in [0.717, 1.165) is 34.8 Å². The van der Waals surface area contributed by atoms with Crippen molar-refractivity contribution in [3.8, 4) is 22.8 Å². The number of carbonyl (C=O) groups is 1. The predicted octanol–water partition coefficient (Wildman–Crippen LogP) is 6.75. The minimum atomic E-state index is -0.292. The van der Waals surface area contributed by atoms with Crippen molar-refractivity contribution >= 4 is 23.5 Å². The lowest BCUT2D eigenvalue weighted by molar-refractivity contribution is 0.102. The third-order valence-electron chi connectivity index (χ3n) is 5.54. The molecule has 6 heteroatoms. The summed E-state index contributed by atoms with van der Waals surface area (Å²) in [7, 11) is 0. The van der Waals surface area contributed by atoms with Crippen LogP contribution in [-0.2, 0) is 0 Å². The van der Waals surface area contributed by atoms with Crippen molar-refractivity contribution in [2.75, 3.05) is 18.4 Å². The molecule has 1 fully saturated rings. The number of nitrogens with one attached hydrogen (secondary N) is 1. The highest BCUT2D eigenvalue weighted by Crippen LogP contribution is 2.31. The maximum atomic E-state index is 13.3. The molecule has 1 aliphatic rings. The van der Waals surface area contributed by atoms with Crippen molar-refractivity contribution in [3.05, 3.63) is 90.6 Å². The topological polar surface area (TPSA) is 58.4 Å². The van der Waals surface area contributed by atoms with Crippen molar-refractivity contribution in [2.24, 2.45) is 0 Å². The van der Waals surface area contributed by atoms with Crippen LogP contribution >= 0.6 is 11.9 Å². The van der Waals surface area contributed by atoms with Gasteiger partial charge < -0.3 is 9.73 Å². The Hall–Kier alpha value is -3.35. The van der Waals surface area contributed by atoms with Crippen molar-refractivity contribution in [2.45, 2.75) is 24.2 Å². The first-order chi connectivity index (χ1) is 16.3. The Morgan fingerprint density at radius 2 is 1.55 bits per heavy atom. The van der Waals surface area contributed by atoms with Crippen LogP contribution in [0.2, 0.25) is 0 Å². The number of amides is 1. The van der Waals surface area contributed by atoms with Gasteiger partial charge in [0.2, 0.25) is 5.89 Å². The lowest BCUT2D eigenvalue weighted by atomic mass is 10.1. The van der Waals surface area contributed by atoms with Gasteiger partial charge in [-0.1, -0.05) is 61.0 Å². The van der Waals surface area contributed by atoms with Gasteiger partial charge in [-0.15, -0.1) is 0 Å². The quantitative estimate of drug-likeness (QED) is 0.326. The Labute approximate surface area is 198 Å². The van der Waals surface area contributed by atoms with Crippen LogP contribution in [-0.4, -0.2) is 28.3 Å². The molecule has 1 aromatic heterocycles. The largest absolute Gasteiger partial charge is 0.435 e. The Morgan fingerprint density at radius 3 is 2.27 bits per heavy atom. The van der Waals surface area contributed by atoms with Gasteiger partial charge in [0.25, 0.3) is 5.91 Å². The van der Waals surface area contributed by atoms with E-state index in [2.05, 4.69) is 20.7 Å². The van der Waals surface area contributed by atoms with E-state index in [9.17, 15) is 4.79 Å². The normalized spacial score (nSPS) is 14.2. The van der Waals surface area contributed by atoms with Gasteiger partial charge in [-0.2, -0.15) is 0 Å². The molecule has 0 radical (unpaired) electrons. The molecule has 5 rings (SSSR count). The fourth-order valence-electron chi connectivity index (χ4n) is 3.89. The second-order valence-corrected chi connectivity index (χ2v) is 9.16. The lowest BCUT2D eigenvalue weighted by Gasteiger charge is -2.25. The number of hydrogen-bond acceptors (Lipinski definition) is 5. The van der Waals surface area contributed by atoms with Crippen molar-refractivity contribution in [1.82, 2.24) is 9.29 Å². The van der Waals surface area contributed by atoms with Gasteiger partial charge in [0.1, 0.15) is 0 Å². The molecule has 0 saturated carbocycles. The van der Waals surface area contributed by atoms with E-state index in [1.54, 1.807) is 11.9 Å². The van der Waals surface area contributed by atoms with E-state index in [1.807, 2.05) is 78.9 Å². The summed E-state index contributed by atoms with van der Waals surface area (Å²) in [5.41, 5.74) is 2.65. The lowest BCUT2D eigenvalue weighted by Crippen LogP contribution is -2.22. The summed E-state index contributed by atoms with van der Waals surface area (Å²) in [4.78, 5) is 19.0. The molecule has 0 bridgehead atoms. The summed E-state index contributed by atoms with van der Waals surface area (Å²) in [6.07, 6.45) is 3.78. The van der Waals surface area contributed by atoms with E-state index >= 15 is 0 Å². The Balaban J connectivity index is 1.41. The second kappa shape index (κ2) is 10.1. The molecule has 1 amide bonds. The van der Waals surface area contributed by atoms with Gasteiger partial charge in [0.15, 0.2) is 11.5 Å². The van der Waals surface area contributed by atoms with Gasteiger partial charge >= 0.3 is 0 Å². The molecule has 4 aromatic rings.